The molecule has 0 fully saturated rings. The number of benzene rings is 3. The van der Waals surface area contributed by atoms with E-state index in [1.165, 1.54) is 0 Å². The van der Waals surface area contributed by atoms with E-state index in [1.807, 2.05) is 19.1 Å². The molecular weight excluding hydrogens is 356 g/mol. The summed E-state index contributed by atoms with van der Waals surface area (Å²) >= 11 is 0. The van der Waals surface area contributed by atoms with Crippen molar-refractivity contribution in [1.82, 2.24) is 0 Å². The van der Waals surface area contributed by atoms with Gasteiger partial charge in [-0.2, -0.15) is 0 Å². The summed E-state index contributed by atoms with van der Waals surface area (Å²) in [6, 6.07) is 21.0. The van der Waals surface area contributed by atoms with Crippen LogP contribution in [-0.4, -0.2) is 18.5 Å². The van der Waals surface area contributed by atoms with Crippen molar-refractivity contribution in [1.29, 1.82) is 0 Å². The lowest BCUT2D eigenvalue weighted by atomic mass is 10.1. The first-order valence-electron chi connectivity index (χ1n) is 8.92. The number of carbonyl (C=O) groups is 2. The fraction of sp³-hybridized carbons (Fsp3) is 0.0909. The molecule has 0 spiro atoms. The number of hydrogen-bond acceptors (Lipinski definition) is 4. The van der Waals surface area contributed by atoms with Crippen LogP contribution in [0.1, 0.15) is 17.3 Å². The van der Waals surface area contributed by atoms with Gasteiger partial charge in [0.25, 0.3) is 5.91 Å². The molecule has 2 amide bonds. The second-order valence-electron chi connectivity index (χ2n) is 6.16. The van der Waals surface area contributed by atoms with Gasteiger partial charge in [0.05, 0.1) is 11.3 Å². The molecule has 3 aromatic carbocycles. The van der Waals surface area contributed by atoms with E-state index in [9.17, 15) is 9.59 Å². The number of hydrogen-bond donors (Lipinski definition) is 1. The van der Waals surface area contributed by atoms with Crippen molar-refractivity contribution in [2.45, 2.75) is 6.92 Å². The maximum atomic E-state index is 12.9. The molecule has 0 aromatic heterocycles. The van der Waals surface area contributed by atoms with Gasteiger partial charge in [0, 0.05) is 18.3 Å². The molecule has 6 heteroatoms. The van der Waals surface area contributed by atoms with Gasteiger partial charge in [0.15, 0.2) is 5.75 Å². The highest BCUT2D eigenvalue weighted by Gasteiger charge is 2.27. The predicted octanol–water partition coefficient (Wildman–Crippen LogP) is 5.07. The summed E-state index contributed by atoms with van der Waals surface area (Å²) in [6.07, 6.45) is -0.608. The molecule has 1 aliphatic heterocycles. The summed E-state index contributed by atoms with van der Waals surface area (Å²) in [6.45, 7) is 2.39. The molecule has 0 bridgehead atoms. The summed E-state index contributed by atoms with van der Waals surface area (Å²) in [5.74, 6) is 1.29. The fourth-order valence-corrected chi connectivity index (χ4v) is 3.06. The molecule has 140 valence electrons. The monoisotopic (exact) mass is 374 g/mol. The molecule has 4 rings (SSSR count). The van der Waals surface area contributed by atoms with Crippen LogP contribution < -0.4 is 19.7 Å². The molecule has 0 radical (unpaired) electrons. The van der Waals surface area contributed by atoms with Crippen molar-refractivity contribution in [3.8, 4) is 17.2 Å². The number of ether oxygens (including phenoxy) is 2. The Morgan fingerprint density at radius 1 is 1.00 bits per heavy atom. The molecule has 28 heavy (non-hydrogen) atoms. The van der Waals surface area contributed by atoms with Gasteiger partial charge in [0.2, 0.25) is 0 Å². The second kappa shape index (κ2) is 7.44. The molecule has 0 atom stereocenters. The Labute approximate surface area is 162 Å². The number of anilines is 2. The molecule has 0 unspecified atom stereocenters. The second-order valence-corrected chi connectivity index (χ2v) is 6.16. The summed E-state index contributed by atoms with van der Waals surface area (Å²) in [7, 11) is 0. The zero-order chi connectivity index (χ0) is 19.5. The Morgan fingerprint density at radius 3 is 2.54 bits per heavy atom. The average Bonchev–Trinajstić information content (AvgIpc) is 2.82. The molecule has 1 aliphatic rings. The van der Waals surface area contributed by atoms with Crippen LogP contribution in [0.4, 0.5) is 16.2 Å². The Hall–Kier alpha value is -3.80. The van der Waals surface area contributed by atoms with Crippen LogP contribution in [0.2, 0.25) is 0 Å². The first-order valence-corrected chi connectivity index (χ1v) is 8.92. The van der Waals surface area contributed by atoms with Gasteiger partial charge in [-0.25, -0.2) is 4.79 Å². The summed E-state index contributed by atoms with van der Waals surface area (Å²) in [5, 5.41) is 2.68. The molecule has 6 nitrogen and oxygen atoms in total. The van der Waals surface area contributed by atoms with E-state index in [2.05, 4.69) is 5.32 Å². The number of para-hydroxylation sites is 2. The molecule has 0 saturated heterocycles. The average molecular weight is 374 g/mol. The van der Waals surface area contributed by atoms with E-state index in [1.54, 1.807) is 65.6 Å². The van der Waals surface area contributed by atoms with Gasteiger partial charge < -0.3 is 14.4 Å². The minimum absolute atomic E-state index is 0.124. The summed E-state index contributed by atoms with van der Waals surface area (Å²) in [4.78, 5) is 26.6. The molecule has 1 heterocycles. The Morgan fingerprint density at radius 2 is 1.75 bits per heavy atom. The van der Waals surface area contributed by atoms with Crippen molar-refractivity contribution in [2.75, 3.05) is 16.8 Å². The molecule has 0 saturated carbocycles. The highest BCUT2D eigenvalue weighted by atomic mass is 16.6. The largest absolute Gasteiger partial charge is 0.454 e. The quantitative estimate of drug-likeness (QED) is 0.695. The highest BCUT2D eigenvalue weighted by molar-refractivity contribution is 6.09. The molecule has 3 aromatic rings. The standard InChI is InChI=1S/C22H18N2O4/c1-2-24-18-13-12-15(23-22(26)27-16-8-4-3-5-9-16)14-20(18)28-19-11-7-6-10-17(19)21(24)25/h3-14H,2H2,1H3,(H,23,26). The summed E-state index contributed by atoms with van der Waals surface area (Å²) in [5.41, 5.74) is 1.65. The van der Waals surface area contributed by atoms with E-state index in [4.69, 9.17) is 9.47 Å². The van der Waals surface area contributed by atoms with Crippen LogP contribution in [0.3, 0.4) is 0 Å². The maximum absolute atomic E-state index is 12.9. The third-order valence-corrected chi connectivity index (χ3v) is 4.35. The van der Waals surface area contributed by atoms with E-state index < -0.39 is 6.09 Å². The number of carbonyl (C=O) groups excluding carboxylic acids is 2. The van der Waals surface area contributed by atoms with Gasteiger partial charge in [-0.1, -0.05) is 30.3 Å². The van der Waals surface area contributed by atoms with E-state index in [0.717, 1.165) is 0 Å². The summed E-state index contributed by atoms with van der Waals surface area (Å²) < 4.78 is 11.2. The van der Waals surface area contributed by atoms with Crippen LogP contribution in [0.15, 0.2) is 72.8 Å². The molecule has 1 N–H and O–H groups in total. The zero-order valence-corrected chi connectivity index (χ0v) is 15.2. The van der Waals surface area contributed by atoms with Crippen LogP contribution >= 0.6 is 0 Å². The van der Waals surface area contributed by atoms with Crippen molar-refractivity contribution < 1.29 is 19.1 Å². The first kappa shape index (κ1) is 17.6. The molecule has 0 aliphatic carbocycles. The van der Waals surface area contributed by atoms with Crippen molar-refractivity contribution in [3.05, 3.63) is 78.4 Å². The zero-order valence-electron chi connectivity index (χ0n) is 15.2. The van der Waals surface area contributed by atoms with Gasteiger partial charge in [-0.15, -0.1) is 0 Å². The highest BCUT2D eigenvalue weighted by Crippen LogP contribution is 2.40. The van der Waals surface area contributed by atoms with Gasteiger partial charge in [-0.05, 0) is 43.3 Å². The SMILES string of the molecule is CCN1C(=O)c2ccccc2Oc2cc(NC(=O)Oc3ccccc3)ccc21. The molecular formula is C22H18N2O4. The maximum Gasteiger partial charge on any atom is 0.417 e. The predicted molar refractivity (Wildman–Crippen MR) is 106 cm³/mol. The van der Waals surface area contributed by atoms with Crippen LogP contribution in [0.5, 0.6) is 17.2 Å². The number of nitrogens with zero attached hydrogens (tertiary/aromatic N) is 1. The lowest BCUT2D eigenvalue weighted by Crippen LogP contribution is -2.29. The van der Waals surface area contributed by atoms with E-state index in [-0.39, 0.29) is 5.91 Å². The normalized spacial score (nSPS) is 12.3. The Kier molecular flexibility index (Phi) is 4.68. The Balaban J connectivity index is 1.62. The Bertz CT molecular complexity index is 1030. The lowest BCUT2D eigenvalue weighted by molar-refractivity contribution is 0.0988. The van der Waals surface area contributed by atoms with Crippen molar-refractivity contribution in [2.24, 2.45) is 0 Å². The van der Waals surface area contributed by atoms with Crippen LogP contribution in [0, 0.1) is 0 Å². The topological polar surface area (TPSA) is 67.9 Å². The van der Waals surface area contributed by atoms with E-state index >= 15 is 0 Å². The third-order valence-electron chi connectivity index (χ3n) is 4.35. The lowest BCUT2D eigenvalue weighted by Gasteiger charge is -2.20. The first-order chi connectivity index (χ1) is 13.7. The van der Waals surface area contributed by atoms with Crippen molar-refractivity contribution in [3.63, 3.8) is 0 Å². The van der Waals surface area contributed by atoms with Crippen molar-refractivity contribution >= 4 is 23.4 Å². The number of rotatable bonds is 3. The third kappa shape index (κ3) is 3.40. The fourth-order valence-electron chi connectivity index (χ4n) is 3.06. The smallest absolute Gasteiger partial charge is 0.417 e. The number of amides is 2. The van der Waals surface area contributed by atoms with Gasteiger partial charge >= 0.3 is 6.09 Å². The van der Waals surface area contributed by atoms with E-state index in [0.29, 0.717) is 40.7 Å². The van der Waals surface area contributed by atoms with Gasteiger partial charge in [-0.3, -0.25) is 10.1 Å². The minimum atomic E-state index is -0.608. The number of nitrogens with one attached hydrogen (secondary N) is 1. The van der Waals surface area contributed by atoms with Gasteiger partial charge in [0.1, 0.15) is 11.5 Å². The minimum Gasteiger partial charge on any atom is -0.454 e. The van der Waals surface area contributed by atoms with Crippen LogP contribution in [0.25, 0.3) is 0 Å². The van der Waals surface area contributed by atoms with Crippen LogP contribution in [-0.2, 0) is 0 Å². The number of fused-ring (bicyclic) bond motifs is 2.